The molecule has 8 rings (SSSR count). The predicted molar refractivity (Wildman–Crippen MR) is 267 cm³/mol. The number of ketones is 1. The van der Waals surface area contributed by atoms with Gasteiger partial charge in [0.15, 0.2) is 0 Å². The van der Waals surface area contributed by atoms with Crippen LogP contribution < -0.4 is 5.43 Å². The Hall–Kier alpha value is -6.39. The monoisotopic (exact) mass is 1110 g/mol. The molecule has 0 saturated heterocycles. The van der Waals surface area contributed by atoms with E-state index in [1.54, 1.807) is 36.4 Å². The third-order valence-corrected chi connectivity index (χ3v) is 14.1. The number of hydrogen-bond acceptors (Lipinski definition) is 10. The van der Waals surface area contributed by atoms with Crippen LogP contribution in [-0.2, 0) is 20.8 Å². The number of nitrogens with zero attached hydrogens (tertiary/aromatic N) is 1. The number of esters is 3. The second-order valence-electron chi connectivity index (χ2n) is 13.5. The van der Waals surface area contributed by atoms with Crippen molar-refractivity contribution < 1.29 is 38.2 Å². The number of hydrogen-bond donors (Lipinski definition) is 1. The molecule has 0 radical (unpaired) electrons. The number of carbonyl (C=O) groups is 5. The summed E-state index contributed by atoms with van der Waals surface area (Å²) in [7, 11) is 4.01. The molecule has 14 heteroatoms. The molecule has 5 aromatic carbocycles. The first-order valence-corrected chi connectivity index (χ1v) is 26.3. The Labute approximate surface area is 413 Å². The van der Waals surface area contributed by atoms with Crippen molar-refractivity contribution in [3.05, 3.63) is 243 Å². The van der Waals surface area contributed by atoms with E-state index in [-0.39, 0.29) is 40.8 Å². The molecule has 0 saturated carbocycles. The predicted octanol–water partition coefficient (Wildman–Crippen LogP) is 9.42. The van der Waals surface area contributed by atoms with E-state index in [1.165, 1.54) is 61.2 Å². The Morgan fingerprint density at radius 1 is 0.478 bits per heavy atom. The van der Waals surface area contributed by atoms with Gasteiger partial charge in [-0.3, -0.25) is 4.79 Å². The van der Waals surface area contributed by atoms with Crippen molar-refractivity contribution in [3.63, 3.8) is 0 Å². The molecule has 0 fully saturated rings. The first-order chi connectivity index (χ1) is 32.5. The fourth-order valence-corrected chi connectivity index (χ4v) is 9.47. The van der Waals surface area contributed by atoms with Crippen LogP contribution in [0.2, 0.25) is 0 Å². The molecule has 0 aliphatic heterocycles. The number of methoxy groups -OCH3 is 3. The summed E-state index contributed by atoms with van der Waals surface area (Å²) >= 11 is 6.33. The van der Waals surface area contributed by atoms with E-state index in [9.17, 15) is 24.0 Å². The van der Waals surface area contributed by atoms with Crippen molar-refractivity contribution in [2.75, 3.05) is 21.3 Å². The average molecular weight is 1110 g/mol. The van der Waals surface area contributed by atoms with Crippen molar-refractivity contribution in [1.29, 1.82) is 0 Å². The Bertz CT molecular complexity index is 2690. The fraction of sp³-hybridized carbons (Fsp3) is 0.0943. The quantitative estimate of drug-likeness (QED) is 0.0256. The molecule has 3 heterocycles. The Balaban J connectivity index is 0.000000202. The normalized spacial score (nSPS) is 10.0. The van der Waals surface area contributed by atoms with Gasteiger partial charge < -0.3 is 4.74 Å². The molecule has 3 aromatic heterocycles. The number of rotatable bonds is 11. The second kappa shape index (κ2) is 30.0. The SMILES string of the molecule is COC(=O)c1ccc(/C(=N/NCc2ccccc2)c2ccc[se]2)cc1.COC(=O)c1ccc(C(=O)Cl)cc1.COC(=O)c1ccc(C(=O)c2ccc[se]2)cc1.Cc1ccccc1.c1cc[se]c1. The summed E-state index contributed by atoms with van der Waals surface area (Å²) < 4.78 is 15.9. The van der Waals surface area contributed by atoms with Crippen LogP contribution in [0.3, 0.4) is 0 Å². The van der Waals surface area contributed by atoms with E-state index >= 15 is 0 Å². The molecule has 10 nitrogen and oxygen atoms in total. The molecule has 0 atom stereocenters. The zero-order valence-corrected chi connectivity index (χ0v) is 42.9. The van der Waals surface area contributed by atoms with Crippen LogP contribution in [0.5, 0.6) is 0 Å². The Morgan fingerprint density at radius 2 is 0.896 bits per heavy atom. The van der Waals surface area contributed by atoms with Crippen molar-refractivity contribution in [1.82, 2.24) is 5.43 Å². The van der Waals surface area contributed by atoms with E-state index in [0.717, 1.165) is 15.7 Å². The van der Waals surface area contributed by atoms with Crippen molar-refractivity contribution in [3.8, 4) is 0 Å². The van der Waals surface area contributed by atoms with E-state index in [0.29, 0.717) is 48.9 Å². The second-order valence-corrected chi connectivity index (χ2v) is 19.5. The van der Waals surface area contributed by atoms with Crippen LogP contribution in [0.25, 0.3) is 0 Å². The van der Waals surface area contributed by atoms with Gasteiger partial charge in [0, 0.05) is 5.56 Å². The number of carbonyl (C=O) groups excluding carboxylic acids is 5. The summed E-state index contributed by atoms with van der Waals surface area (Å²) in [4.78, 5) is 65.0. The summed E-state index contributed by atoms with van der Waals surface area (Å²) in [5.41, 5.74) is 9.89. The van der Waals surface area contributed by atoms with E-state index in [1.807, 2.05) is 65.6 Å². The van der Waals surface area contributed by atoms with Gasteiger partial charge in [-0.15, -0.1) is 0 Å². The zero-order valence-electron chi connectivity index (χ0n) is 37.0. The summed E-state index contributed by atoms with van der Waals surface area (Å²) in [5, 5.41) is 4.08. The molecular weight excluding hydrogens is 1060 g/mol. The molecule has 0 amide bonds. The number of benzene rings is 5. The summed E-state index contributed by atoms with van der Waals surface area (Å²) in [6.45, 7) is 2.75. The molecule has 0 bridgehead atoms. The summed E-state index contributed by atoms with van der Waals surface area (Å²) in [6.07, 6.45) is 0. The van der Waals surface area contributed by atoms with Crippen LogP contribution in [0, 0.1) is 6.92 Å². The first kappa shape index (κ1) is 53.2. The van der Waals surface area contributed by atoms with Gasteiger partial charge in [0.1, 0.15) is 0 Å². The third-order valence-electron chi connectivity index (χ3n) is 8.86. The molecule has 0 aliphatic rings. The number of hydrazone groups is 1. The zero-order chi connectivity index (χ0) is 48.2. The third kappa shape index (κ3) is 18.8. The fourth-order valence-electron chi connectivity index (χ4n) is 5.40. The van der Waals surface area contributed by atoms with Gasteiger partial charge in [-0.1, -0.05) is 35.9 Å². The van der Waals surface area contributed by atoms with Crippen LogP contribution in [-0.4, -0.2) is 99.5 Å². The standard InChI is InChI=1S/C20H18N2O2Se.C13H10O3Se.C9H7ClO3.C7H8.C4H4Se/c1-24-20(23)17-11-9-16(10-12-17)19(18-8-5-13-25-18)22-21-14-15-6-3-2-4-7-15;1-16-13(15)10-6-4-9(5-7-10)12(14)11-3-2-8-17-11;1-13-9(12)7-4-2-6(3-5-7)8(10)11;1-7-5-3-2-4-6-7;1-2-4-5-3-1/h2-13,21H,14H2,1H3;2-8H,1H3;2-5H,1H3;2-6H,1H3;1-4H/b22-19-;;;;. The molecule has 0 spiro atoms. The van der Waals surface area contributed by atoms with Crippen LogP contribution in [0.1, 0.15) is 77.4 Å². The van der Waals surface area contributed by atoms with Gasteiger partial charge in [0.2, 0.25) is 0 Å². The summed E-state index contributed by atoms with van der Waals surface area (Å²) in [5.74, 6) is -1.13. The molecule has 0 aliphatic carbocycles. The number of halogens is 1. The van der Waals surface area contributed by atoms with Crippen molar-refractivity contribution in [2.24, 2.45) is 5.10 Å². The van der Waals surface area contributed by atoms with Crippen molar-refractivity contribution >= 4 is 89.8 Å². The minimum absolute atomic E-state index is 0.0337. The minimum atomic E-state index is -0.545. The molecule has 342 valence electrons. The van der Waals surface area contributed by atoms with Crippen molar-refractivity contribution in [2.45, 2.75) is 13.5 Å². The molecular formula is C53H47ClN2O8Se3. The van der Waals surface area contributed by atoms with Gasteiger partial charge in [-0.05, 0) is 42.8 Å². The summed E-state index contributed by atoms with van der Waals surface area (Å²) in [6, 6.07) is 52.3. The van der Waals surface area contributed by atoms with Crippen LogP contribution in [0.4, 0.5) is 0 Å². The van der Waals surface area contributed by atoms with Gasteiger partial charge in [0.05, 0.1) is 12.7 Å². The average Bonchev–Trinajstić information content (AvgIpc) is 4.24. The Kier molecular flexibility index (Phi) is 23.8. The molecule has 1 N–H and O–H groups in total. The van der Waals surface area contributed by atoms with Gasteiger partial charge in [-0.2, -0.15) is 0 Å². The molecule has 67 heavy (non-hydrogen) atoms. The van der Waals surface area contributed by atoms with E-state index in [4.69, 9.17) is 16.3 Å². The maximum absolute atomic E-state index is 12.0. The maximum atomic E-state index is 12.0. The van der Waals surface area contributed by atoms with Crippen LogP contribution in [0.15, 0.2) is 195 Å². The van der Waals surface area contributed by atoms with Gasteiger partial charge >= 0.3 is 300 Å². The number of aryl methyl sites for hydroxylation is 1. The van der Waals surface area contributed by atoms with E-state index in [2.05, 4.69) is 90.3 Å². The Morgan fingerprint density at radius 3 is 1.27 bits per heavy atom. The first-order valence-electron chi connectivity index (χ1n) is 20.2. The van der Waals surface area contributed by atoms with Gasteiger partial charge in [0.25, 0.3) is 5.24 Å². The van der Waals surface area contributed by atoms with Gasteiger partial charge in [-0.25, -0.2) is 4.79 Å². The molecule has 0 unspecified atom stereocenters. The number of ether oxygens (including phenoxy) is 3. The topological polar surface area (TPSA) is 137 Å². The van der Waals surface area contributed by atoms with E-state index < -0.39 is 17.2 Å². The van der Waals surface area contributed by atoms with Crippen LogP contribution >= 0.6 is 11.6 Å². The number of nitrogens with one attached hydrogen (secondary N) is 1. The molecule has 8 aromatic rings.